The van der Waals surface area contributed by atoms with Crippen molar-refractivity contribution in [2.75, 3.05) is 26.4 Å². The van der Waals surface area contributed by atoms with E-state index >= 15 is 0 Å². The molecule has 4 N–H and O–H groups in total. The Morgan fingerprint density at radius 2 is 0.921 bits per heavy atom. The van der Waals surface area contributed by atoms with E-state index < -0.39 is 43.4 Å². The molecule has 0 aliphatic carbocycles. The largest absolute Gasteiger partial charge is 0.457 e. The molecule has 0 radical (unpaired) electrons. The molecular weight excluding hydrogens is 793 g/mol. The third kappa shape index (κ3) is 36.5. The van der Waals surface area contributed by atoms with E-state index in [1.807, 2.05) is 0 Å². The van der Waals surface area contributed by atoms with Crippen LogP contribution in [0.1, 0.15) is 251 Å². The normalized spacial score (nSPS) is 19.7. The van der Waals surface area contributed by atoms with Crippen molar-refractivity contribution in [3.8, 4) is 0 Å². The van der Waals surface area contributed by atoms with E-state index in [0.29, 0.717) is 13.0 Å². The van der Waals surface area contributed by atoms with Crippen molar-refractivity contribution in [2.45, 2.75) is 288 Å². The highest BCUT2D eigenvalue weighted by molar-refractivity contribution is 5.69. The Balaban J connectivity index is 2.18. The Labute approximate surface area is 387 Å². The average Bonchev–Trinajstić information content (AvgIpc) is 3.28. The fourth-order valence-electron chi connectivity index (χ4n) is 8.41. The number of aliphatic hydroxyl groups excluding tert-OH is 4. The maximum Gasteiger partial charge on any atom is 0.306 e. The van der Waals surface area contributed by atoms with Gasteiger partial charge in [-0.1, -0.05) is 224 Å². The van der Waals surface area contributed by atoms with Crippen LogP contribution in [0.25, 0.3) is 0 Å². The number of ether oxygens (including phenoxy) is 4. The van der Waals surface area contributed by atoms with Gasteiger partial charge >= 0.3 is 5.97 Å². The van der Waals surface area contributed by atoms with Crippen LogP contribution in [-0.4, -0.2) is 89.6 Å². The van der Waals surface area contributed by atoms with Gasteiger partial charge in [0.15, 0.2) is 6.29 Å². The Morgan fingerprint density at radius 3 is 1.37 bits per heavy atom. The number of carbonyl (C=O) groups excluding carboxylic acids is 1. The fraction of sp³-hybridized carbons (Fsp3) is 0.907. The molecule has 6 unspecified atom stereocenters. The first-order chi connectivity index (χ1) is 30.9. The maximum atomic E-state index is 12.9. The van der Waals surface area contributed by atoms with Crippen molar-refractivity contribution in [1.29, 1.82) is 0 Å². The van der Waals surface area contributed by atoms with Gasteiger partial charge in [0.05, 0.1) is 19.8 Å². The summed E-state index contributed by atoms with van der Waals surface area (Å²) in [6, 6.07) is 0. The van der Waals surface area contributed by atoms with Crippen LogP contribution in [0.5, 0.6) is 0 Å². The van der Waals surface area contributed by atoms with Crippen molar-refractivity contribution >= 4 is 5.97 Å². The number of carbonyl (C=O) groups is 1. The quantitative estimate of drug-likeness (QED) is 0.0267. The second-order valence-electron chi connectivity index (χ2n) is 18.7. The zero-order chi connectivity index (χ0) is 45.7. The van der Waals surface area contributed by atoms with Gasteiger partial charge in [0, 0.05) is 13.0 Å². The predicted octanol–water partition coefficient (Wildman–Crippen LogP) is 13.3. The first kappa shape index (κ1) is 59.7. The van der Waals surface area contributed by atoms with Crippen LogP contribution in [-0.2, 0) is 23.7 Å². The number of hydrogen-bond donors (Lipinski definition) is 4. The standard InChI is InChI=1S/C54H102O9/c1-3-5-7-9-11-13-15-17-19-21-23-24-25-27-29-31-33-35-37-39-41-43-50(56)62-48(47-61-54-53(59)52(58)51(57)49(45-55)63-54)46-60-44-42-40-38-36-34-32-30-28-26-22-20-18-16-14-12-10-8-6-4-2/h15,17,21,23,48-49,51-55,57-59H,3-14,16,18-20,22,24-47H2,1-2H3/b17-15-,23-21-. The number of rotatable bonds is 47. The molecule has 0 saturated carbocycles. The number of allylic oxidation sites excluding steroid dienone is 4. The first-order valence-corrected chi connectivity index (χ1v) is 26.9. The Morgan fingerprint density at radius 1 is 0.508 bits per heavy atom. The highest BCUT2D eigenvalue weighted by Gasteiger charge is 2.44. The molecule has 0 aromatic carbocycles. The lowest BCUT2D eigenvalue weighted by Gasteiger charge is -2.39. The van der Waals surface area contributed by atoms with Gasteiger partial charge in [-0.05, 0) is 44.9 Å². The lowest BCUT2D eigenvalue weighted by molar-refractivity contribution is -0.305. The topological polar surface area (TPSA) is 135 Å². The smallest absolute Gasteiger partial charge is 0.306 e. The molecular formula is C54H102O9. The van der Waals surface area contributed by atoms with E-state index in [4.69, 9.17) is 18.9 Å². The summed E-state index contributed by atoms with van der Waals surface area (Å²) in [5, 5.41) is 40.3. The molecule has 1 fully saturated rings. The zero-order valence-electron chi connectivity index (χ0n) is 41.1. The summed E-state index contributed by atoms with van der Waals surface area (Å²) in [6.07, 6.45) is 47.8. The monoisotopic (exact) mass is 895 g/mol. The molecule has 1 rings (SSSR count). The summed E-state index contributed by atoms with van der Waals surface area (Å²) >= 11 is 0. The molecule has 372 valence electrons. The maximum absolute atomic E-state index is 12.9. The van der Waals surface area contributed by atoms with Crippen LogP contribution in [0.4, 0.5) is 0 Å². The molecule has 0 bridgehead atoms. The Kier molecular flexibility index (Phi) is 43.4. The summed E-state index contributed by atoms with van der Waals surface area (Å²) in [4.78, 5) is 12.9. The van der Waals surface area contributed by atoms with Crippen LogP contribution in [0.15, 0.2) is 24.3 Å². The van der Waals surface area contributed by atoms with E-state index in [9.17, 15) is 25.2 Å². The number of hydrogen-bond acceptors (Lipinski definition) is 9. The minimum atomic E-state index is -1.54. The van der Waals surface area contributed by atoms with Crippen molar-refractivity contribution in [3.05, 3.63) is 24.3 Å². The van der Waals surface area contributed by atoms with E-state index in [1.165, 1.54) is 193 Å². The van der Waals surface area contributed by atoms with Gasteiger partial charge < -0.3 is 39.4 Å². The van der Waals surface area contributed by atoms with Crippen LogP contribution in [0, 0.1) is 0 Å². The minimum absolute atomic E-state index is 0.111. The van der Waals surface area contributed by atoms with Gasteiger partial charge in [-0.25, -0.2) is 0 Å². The lowest BCUT2D eigenvalue weighted by Crippen LogP contribution is -2.59. The molecule has 63 heavy (non-hydrogen) atoms. The molecule has 1 saturated heterocycles. The number of aliphatic hydroxyl groups is 4. The Hall–Kier alpha value is -1.33. The summed E-state index contributed by atoms with van der Waals surface area (Å²) in [5.41, 5.74) is 0. The lowest BCUT2D eigenvalue weighted by atomic mass is 9.99. The molecule has 0 amide bonds. The molecule has 1 aliphatic heterocycles. The molecule has 0 spiro atoms. The summed E-state index contributed by atoms with van der Waals surface area (Å²) in [7, 11) is 0. The fourth-order valence-corrected chi connectivity index (χ4v) is 8.41. The van der Waals surface area contributed by atoms with Gasteiger partial charge in [0.2, 0.25) is 0 Å². The second kappa shape index (κ2) is 45.8. The van der Waals surface area contributed by atoms with E-state index in [2.05, 4.69) is 38.2 Å². The summed E-state index contributed by atoms with van der Waals surface area (Å²) in [5.74, 6) is -0.313. The molecule has 0 aromatic heterocycles. The van der Waals surface area contributed by atoms with Crippen molar-refractivity contribution < 1.29 is 44.2 Å². The molecule has 6 atom stereocenters. The van der Waals surface area contributed by atoms with Gasteiger partial charge in [-0.3, -0.25) is 4.79 Å². The predicted molar refractivity (Wildman–Crippen MR) is 261 cm³/mol. The van der Waals surface area contributed by atoms with Crippen molar-refractivity contribution in [3.63, 3.8) is 0 Å². The van der Waals surface area contributed by atoms with Gasteiger partial charge in [0.1, 0.15) is 30.5 Å². The van der Waals surface area contributed by atoms with Crippen LogP contribution in [0.2, 0.25) is 0 Å². The van der Waals surface area contributed by atoms with Crippen molar-refractivity contribution in [2.24, 2.45) is 0 Å². The third-order valence-electron chi connectivity index (χ3n) is 12.6. The van der Waals surface area contributed by atoms with Gasteiger partial charge in [-0.15, -0.1) is 0 Å². The molecule has 1 aliphatic rings. The van der Waals surface area contributed by atoms with Gasteiger partial charge in [-0.2, -0.15) is 0 Å². The van der Waals surface area contributed by atoms with Crippen LogP contribution >= 0.6 is 0 Å². The van der Waals surface area contributed by atoms with E-state index in [1.54, 1.807) is 0 Å². The Bertz CT molecular complexity index is 1020. The van der Waals surface area contributed by atoms with Gasteiger partial charge in [0.25, 0.3) is 0 Å². The summed E-state index contributed by atoms with van der Waals surface area (Å²) < 4.78 is 22.9. The molecule has 9 heteroatoms. The van der Waals surface area contributed by atoms with E-state index in [0.717, 1.165) is 38.5 Å². The SMILES string of the molecule is CCCCCCC/C=C\C/C=C\CCCCCCCCCCCC(=O)OC(COCCCCCCCCCCCCCCCCCCCCC)COC1OC(CO)C(O)C(O)C1O. The van der Waals surface area contributed by atoms with Crippen LogP contribution < -0.4 is 0 Å². The number of esters is 1. The minimum Gasteiger partial charge on any atom is -0.457 e. The zero-order valence-corrected chi connectivity index (χ0v) is 41.1. The molecule has 0 aromatic rings. The van der Waals surface area contributed by atoms with Crippen molar-refractivity contribution in [1.82, 2.24) is 0 Å². The second-order valence-corrected chi connectivity index (χ2v) is 18.7. The highest BCUT2D eigenvalue weighted by atomic mass is 16.7. The molecule has 9 nitrogen and oxygen atoms in total. The number of unbranched alkanes of at least 4 members (excludes halogenated alkanes) is 32. The van der Waals surface area contributed by atoms with Crippen LogP contribution in [0.3, 0.4) is 0 Å². The summed E-state index contributed by atoms with van der Waals surface area (Å²) in [6.45, 7) is 4.60. The molecule has 1 heterocycles. The highest BCUT2D eigenvalue weighted by Crippen LogP contribution is 2.23. The van der Waals surface area contributed by atoms with E-state index in [-0.39, 0.29) is 19.2 Å². The third-order valence-corrected chi connectivity index (χ3v) is 12.6. The first-order valence-electron chi connectivity index (χ1n) is 26.9. The average molecular weight is 895 g/mol.